The van der Waals surface area contributed by atoms with E-state index in [0.29, 0.717) is 6.42 Å². The highest BCUT2D eigenvalue weighted by Crippen LogP contribution is 2.21. The Kier molecular flexibility index (Phi) is 8.10. The molecule has 1 fully saturated rings. The molecular weight excluding hydrogens is 300 g/mol. The Morgan fingerprint density at radius 1 is 1.21 bits per heavy atom. The molecule has 0 spiro atoms. The van der Waals surface area contributed by atoms with Gasteiger partial charge in [-0.1, -0.05) is 31.4 Å². The number of carbonyl (C=O) groups excluding carboxylic acids is 1. The van der Waals surface area contributed by atoms with Crippen molar-refractivity contribution in [2.75, 3.05) is 27.2 Å². The van der Waals surface area contributed by atoms with Gasteiger partial charge in [-0.15, -0.1) is 0 Å². The lowest BCUT2D eigenvalue weighted by atomic mass is 9.94. The standard InChI is InChI=1S/C20H32N2O2/c1-22(18-7-4-3-5-8-18)16-6-15-21-20(23)14-11-17-9-12-19(24-2)13-10-17/h9-10,12-13,18H,3-8,11,14-16H2,1-2H3,(H,21,23). The van der Waals surface area contributed by atoms with Crippen LogP contribution in [0.2, 0.25) is 0 Å². The van der Waals surface area contributed by atoms with Gasteiger partial charge in [-0.2, -0.15) is 0 Å². The normalized spacial score (nSPS) is 15.5. The average Bonchev–Trinajstić information content (AvgIpc) is 2.64. The zero-order valence-corrected chi connectivity index (χ0v) is 15.2. The number of rotatable bonds is 9. The van der Waals surface area contributed by atoms with E-state index in [1.54, 1.807) is 7.11 Å². The van der Waals surface area contributed by atoms with Crippen LogP contribution in [0.5, 0.6) is 5.75 Å². The van der Waals surface area contributed by atoms with Crippen LogP contribution in [0.25, 0.3) is 0 Å². The minimum absolute atomic E-state index is 0.145. The van der Waals surface area contributed by atoms with Crippen molar-refractivity contribution in [3.8, 4) is 5.75 Å². The molecule has 134 valence electrons. The van der Waals surface area contributed by atoms with Crippen molar-refractivity contribution in [2.45, 2.75) is 57.4 Å². The van der Waals surface area contributed by atoms with Crippen LogP contribution in [-0.2, 0) is 11.2 Å². The van der Waals surface area contributed by atoms with E-state index < -0.39 is 0 Å². The van der Waals surface area contributed by atoms with Crippen molar-refractivity contribution >= 4 is 5.91 Å². The third-order valence-electron chi connectivity index (χ3n) is 5.01. The van der Waals surface area contributed by atoms with Crippen LogP contribution < -0.4 is 10.1 Å². The lowest BCUT2D eigenvalue weighted by Crippen LogP contribution is -2.35. The number of nitrogens with zero attached hydrogens (tertiary/aromatic N) is 1. The van der Waals surface area contributed by atoms with Crippen LogP contribution >= 0.6 is 0 Å². The van der Waals surface area contributed by atoms with E-state index in [2.05, 4.69) is 17.3 Å². The van der Waals surface area contributed by atoms with Crippen molar-refractivity contribution in [1.29, 1.82) is 0 Å². The number of nitrogens with one attached hydrogen (secondary N) is 1. The lowest BCUT2D eigenvalue weighted by Gasteiger charge is -2.31. The second-order valence-corrected chi connectivity index (χ2v) is 6.82. The van der Waals surface area contributed by atoms with Gasteiger partial charge >= 0.3 is 0 Å². The Morgan fingerprint density at radius 2 is 1.92 bits per heavy atom. The molecule has 0 aliphatic heterocycles. The van der Waals surface area contributed by atoms with E-state index in [4.69, 9.17) is 4.74 Å². The van der Waals surface area contributed by atoms with Crippen LogP contribution in [0.3, 0.4) is 0 Å². The fraction of sp³-hybridized carbons (Fsp3) is 0.650. The molecule has 0 radical (unpaired) electrons. The molecule has 1 N–H and O–H groups in total. The molecule has 1 saturated carbocycles. The molecule has 1 aliphatic rings. The molecular formula is C20H32N2O2. The maximum Gasteiger partial charge on any atom is 0.220 e. The minimum Gasteiger partial charge on any atom is -0.497 e. The van der Waals surface area contributed by atoms with Crippen molar-refractivity contribution in [3.05, 3.63) is 29.8 Å². The zero-order chi connectivity index (χ0) is 17.2. The topological polar surface area (TPSA) is 41.6 Å². The summed E-state index contributed by atoms with van der Waals surface area (Å²) in [6.45, 7) is 1.85. The molecule has 0 bridgehead atoms. The number of ether oxygens (including phenoxy) is 1. The van der Waals surface area contributed by atoms with Gasteiger partial charge in [0.2, 0.25) is 5.91 Å². The second-order valence-electron chi connectivity index (χ2n) is 6.82. The van der Waals surface area contributed by atoms with Gasteiger partial charge in [-0.3, -0.25) is 4.79 Å². The predicted molar refractivity (Wildman–Crippen MR) is 98.4 cm³/mol. The summed E-state index contributed by atoms with van der Waals surface area (Å²) in [5.74, 6) is 0.997. The summed E-state index contributed by atoms with van der Waals surface area (Å²) in [5.41, 5.74) is 1.17. The zero-order valence-electron chi connectivity index (χ0n) is 15.2. The molecule has 4 heteroatoms. The molecule has 0 saturated heterocycles. The summed E-state index contributed by atoms with van der Waals surface area (Å²) in [6.07, 6.45) is 9.17. The third-order valence-corrected chi connectivity index (χ3v) is 5.01. The highest BCUT2D eigenvalue weighted by Gasteiger charge is 2.17. The van der Waals surface area contributed by atoms with E-state index in [1.807, 2.05) is 24.3 Å². The Hall–Kier alpha value is -1.55. The molecule has 24 heavy (non-hydrogen) atoms. The summed E-state index contributed by atoms with van der Waals surface area (Å²) in [7, 11) is 3.88. The first-order valence-corrected chi connectivity index (χ1v) is 9.29. The molecule has 0 heterocycles. The van der Waals surface area contributed by atoms with Gasteiger partial charge < -0.3 is 15.0 Å². The maximum atomic E-state index is 11.9. The molecule has 0 aromatic heterocycles. The van der Waals surface area contributed by atoms with Crippen LogP contribution in [0.1, 0.15) is 50.5 Å². The van der Waals surface area contributed by atoms with Gasteiger partial charge in [0.15, 0.2) is 0 Å². The van der Waals surface area contributed by atoms with Crippen LogP contribution in [0.4, 0.5) is 0 Å². The minimum atomic E-state index is 0.145. The first-order chi connectivity index (χ1) is 11.7. The molecule has 0 atom stereocenters. The predicted octanol–water partition coefficient (Wildman–Crippen LogP) is 3.40. The highest BCUT2D eigenvalue weighted by molar-refractivity contribution is 5.76. The number of carbonyl (C=O) groups is 1. The average molecular weight is 332 g/mol. The summed E-state index contributed by atoms with van der Waals surface area (Å²) >= 11 is 0. The van der Waals surface area contributed by atoms with E-state index in [1.165, 1.54) is 37.7 Å². The third kappa shape index (κ3) is 6.52. The molecule has 0 unspecified atom stereocenters. The van der Waals surface area contributed by atoms with Crippen molar-refractivity contribution in [1.82, 2.24) is 10.2 Å². The molecule has 1 aromatic carbocycles. The number of methoxy groups -OCH3 is 1. The van der Waals surface area contributed by atoms with E-state index in [9.17, 15) is 4.79 Å². The Labute approximate surface area is 146 Å². The van der Waals surface area contributed by atoms with Crippen molar-refractivity contribution in [3.63, 3.8) is 0 Å². The molecule has 4 nitrogen and oxygen atoms in total. The molecule has 1 aromatic rings. The Balaban J connectivity index is 1.55. The first kappa shape index (κ1) is 18.8. The van der Waals surface area contributed by atoms with Crippen LogP contribution in [-0.4, -0.2) is 44.1 Å². The molecule has 2 rings (SSSR count). The number of hydrogen-bond acceptors (Lipinski definition) is 3. The van der Waals surface area contributed by atoms with Gasteiger partial charge in [-0.25, -0.2) is 0 Å². The smallest absolute Gasteiger partial charge is 0.220 e. The number of aryl methyl sites for hydroxylation is 1. The largest absolute Gasteiger partial charge is 0.497 e. The summed E-state index contributed by atoms with van der Waals surface area (Å²) in [4.78, 5) is 14.4. The monoisotopic (exact) mass is 332 g/mol. The highest BCUT2D eigenvalue weighted by atomic mass is 16.5. The van der Waals surface area contributed by atoms with Gasteiger partial charge in [0, 0.05) is 19.0 Å². The number of hydrogen-bond donors (Lipinski definition) is 1. The summed E-state index contributed by atoms with van der Waals surface area (Å²) in [5, 5.41) is 3.04. The van der Waals surface area contributed by atoms with Crippen LogP contribution in [0, 0.1) is 0 Å². The van der Waals surface area contributed by atoms with Gasteiger partial charge in [-0.05, 0) is 57.0 Å². The van der Waals surface area contributed by atoms with Crippen molar-refractivity contribution < 1.29 is 9.53 Å². The fourth-order valence-corrected chi connectivity index (χ4v) is 3.40. The van der Waals surface area contributed by atoms with Gasteiger partial charge in [0.25, 0.3) is 0 Å². The lowest BCUT2D eigenvalue weighted by molar-refractivity contribution is -0.121. The Morgan fingerprint density at radius 3 is 2.58 bits per heavy atom. The number of benzene rings is 1. The second kappa shape index (κ2) is 10.3. The SMILES string of the molecule is COc1ccc(CCC(=O)NCCCN(C)C2CCCCC2)cc1. The summed E-state index contributed by atoms with van der Waals surface area (Å²) < 4.78 is 5.14. The van der Waals surface area contributed by atoms with Gasteiger partial charge in [0.1, 0.15) is 5.75 Å². The van der Waals surface area contributed by atoms with Gasteiger partial charge in [0.05, 0.1) is 7.11 Å². The summed E-state index contributed by atoms with van der Waals surface area (Å²) in [6, 6.07) is 8.67. The first-order valence-electron chi connectivity index (χ1n) is 9.29. The van der Waals surface area contributed by atoms with E-state index >= 15 is 0 Å². The van der Waals surface area contributed by atoms with E-state index in [0.717, 1.165) is 37.7 Å². The molecule has 1 amide bonds. The number of amides is 1. The Bertz CT molecular complexity index is 481. The van der Waals surface area contributed by atoms with Crippen molar-refractivity contribution in [2.24, 2.45) is 0 Å². The maximum absolute atomic E-state index is 11.9. The van der Waals surface area contributed by atoms with Crippen LogP contribution in [0.15, 0.2) is 24.3 Å². The quantitative estimate of drug-likeness (QED) is 0.705. The molecule has 1 aliphatic carbocycles. The fourth-order valence-electron chi connectivity index (χ4n) is 3.40. The van der Waals surface area contributed by atoms with E-state index in [-0.39, 0.29) is 5.91 Å².